The maximum atomic E-state index is 10.8. The van der Waals surface area contributed by atoms with Gasteiger partial charge in [-0.1, -0.05) is 12.1 Å². The highest BCUT2D eigenvalue weighted by Crippen LogP contribution is 2.40. The normalized spacial score (nSPS) is 12.2. The van der Waals surface area contributed by atoms with Gasteiger partial charge in [0.15, 0.2) is 11.4 Å². The smallest absolute Gasteiger partial charge is 0.159 e. The van der Waals surface area contributed by atoms with E-state index in [0.29, 0.717) is 24.7 Å². The molecule has 0 bridgehead atoms. The molecule has 0 aromatic heterocycles. The summed E-state index contributed by atoms with van der Waals surface area (Å²) in [6.07, 6.45) is 3.76. The Bertz CT molecular complexity index is 707. The van der Waals surface area contributed by atoms with Crippen molar-refractivity contribution in [2.45, 2.75) is 6.61 Å². The first-order valence-corrected chi connectivity index (χ1v) is 6.87. The van der Waals surface area contributed by atoms with Gasteiger partial charge in [-0.15, -0.1) is 4.91 Å². The summed E-state index contributed by atoms with van der Waals surface area (Å²) in [6, 6.07) is 11.0. The molecule has 2 aromatic rings. The molecule has 1 heterocycles. The second-order valence-corrected chi connectivity index (χ2v) is 4.77. The highest BCUT2D eigenvalue weighted by Gasteiger charge is 2.17. The molecule has 0 fully saturated rings. The van der Waals surface area contributed by atoms with Crippen LogP contribution in [0.4, 0.5) is 5.69 Å². The van der Waals surface area contributed by atoms with Crippen LogP contribution in [0.25, 0.3) is 6.08 Å². The van der Waals surface area contributed by atoms with Crippen LogP contribution in [0.15, 0.2) is 47.7 Å². The van der Waals surface area contributed by atoms with Crippen LogP contribution in [0.3, 0.4) is 0 Å². The van der Waals surface area contributed by atoms with Gasteiger partial charge in [-0.2, -0.15) is 0 Å². The number of benzene rings is 2. The zero-order chi connectivity index (χ0) is 15.4. The lowest BCUT2D eigenvalue weighted by Gasteiger charge is -2.17. The molecule has 5 nitrogen and oxygen atoms in total. The van der Waals surface area contributed by atoms with Gasteiger partial charge in [0.05, 0.1) is 12.7 Å². The Kier molecular flexibility index (Phi) is 4.05. The monoisotopic (exact) mass is 297 g/mol. The summed E-state index contributed by atoms with van der Waals surface area (Å²) in [5.41, 5.74) is 2.06. The second kappa shape index (κ2) is 6.30. The molecule has 0 atom stereocenters. The van der Waals surface area contributed by atoms with E-state index in [-0.39, 0.29) is 5.69 Å². The Morgan fingerprint density at radius 3 is 2.73 bits per heavy atom. The number of nitrogens with zero attached hydrogens (tertiary/aromatic N) is 1. The van der Waals surface area contributed by atoms with Crippen LogP contribution in [0.1, 0.15) is 11.1 Å². The number of methoxy groups -OCH3 is 1. The molecule has 0 N–H and O–H groups in total. The summed E-state index contributed by atoms with van der Waals surface area (Å²) in [6.45, 7) is 0.843. The number of ether oxygens (including phenoxy) is 3. The fraction of sp³-hybridized carbons (Fsp3) is 0.176. The van der Waals surface area contributed by atoms with Crippen molar-refractivity contribution in [2.24, 2.45) is 5.18 Å². The van der Waals surface area contributed by atoms with Crippen LogP contribution in [-0.4, -0.2) is 13.7 Å². The van der Waals surface area contributed by atoms with Crippen LogP contribution in [0.2, 0.25) is 0 Å². The maximum absolute atomic E-state index is 10.8. The van der Waals surface area contributed by atoms with Crippen LogP contribution < -0.4 is 14.2 Å². The molecule has 0 amide bonds. The summed E-state index contributed by atoms with van der Waals surface area (Å²) in [5.74, 6) is 1.94. The highest BCUT2D eigenvalue weighted by atomic mass is 16.5. The quantitative estimate of drug-likeness (QED) is 0.780. The third-order valence-corrected chi connectivity index (χ3v) is 3.40. The van der Waals surface area contributed by atoms with Gasteiger partial charge in [0.2, 0.25) is 0 Å². The number of nitroso groups, excluding NO2 is 1. The van der Waals surface area contributed by atoms with E-state index in [1.807, 2.05) is 36.4 Å². The van der Waals surface area contributed by atoms with Gasteiger partial charge >= 0.3 is 0 Å². The maximum Gasteiger partial charge on any atom is 0.159 e. The van der Waals surface area contributed by atoms with Gasteiger partial charge in [-0.25, -0.2) is 0 Å². The standard InChI is InChI=1S/C17H15NO4/c1-20-13-6-4-12(5-7-13)11-22-16-9-8-15(18-19)17-14(16)3-2-10-21-17/h2-9H,10-11H2,1H3. The average Bonchev–Trinajstić information content (AvgIpc) is 2.60. The predicted octanol–water partition coefficient (Wildman–Crippen LogP) is 4.08. The minimum Gasteiger partial charge on any atom is -0.497 e. The molecule has 0 saturated carbocycles. The van der Waals surface area contributed by atoms with E-state index in [9.17, 15) is 4.91 Å². The first-order valence-electron chi connectivity index (χ1n) is 6.87. The van der Waals surface area contributed by atoms with Crippen molar-refractivity contribution in [3.05, 3.63) is 58.5 Å². The van der Waals surface area contributed by atoms with Crippen LogP contribution in [0.5, 0.6) is 17.2 Å². The van der Waals surface area contributed by atoms with Gasteiger partial charge < -0.3 is 14.2 Å². The van der Waals surface area contributed by atoms with Crippen molar-refractivity contribution in [3.63, 3.8) is 0 Å². The van der Waals surface area contributed by atoms with E-state index < -0.39 is 0 Å². The van der Waals surface area contributed by atoms with Gasteiger partial charge in [0, 0.05) is 0 Å². The number of hydrogen-bond donors (Lipinski definition) is 0. The van der Waals surface area contributed by atoms with Gasteiger partial charge in [-0.05, 0) is 47.2 Å². The zero-order valence-corrected chi connectivity index (χ0v) is 12.1. The lowest BCUT2D eigenvalue weighted by Crippen LogP contribution is -2.04. The van der Waals surface area contributed by atoms with Gasteiger partial charge in [0.1, 0.15) is 24.7 Å². The number of hydrogen-bond acceptors (Lipinski definition) is 5. The van der Waals surface area contributed by atoms with Crippen molar-refractivity contribution in [3.8, 4) is 17.2 Å². The van der Waals surface area contributed by atoms with Crippen molar-refractivity contribution < 1.29 is 14.2 Å². The molecular formula is C17H15NO4. The summed E-state index contributed by atoms with van der Waals surface area (Å²) >= 11 is 0. The lowest BCUT2D eigenvalue weighted by molar-refractivity contribution is 0.299. The third-order valence-electron chi connectivity index (χ3n) is 3.40. The largest absolute Gasteiger partial charge is 0.497 e. The minimum absolute atomic E-state index is 0.288. The summed E-state index contributed by atoms with van der Waals surface area (Å²) < 4.78 is 16.5. The predicted molar refractivity (Wildman–Crippen MR) is 83.8 cm³/mol. The van der Waals surface area contributed by atoms with Crippen molar-refractivity contribution in [1.82, 2.24) is 0 Å². The van der Waals surface area contributed by atoms with Gasteiger partial charge in [0.25, 0.3) is 0 Å². The molecule has 2 aromatic carbocycles. The fourth-order valence-electron chi connectivity index (χ4n) is 2.26. The number of rotatable bonds is 5. The number of fused-ring (bicyclic) bond motifs is 1. The Balaban J connectivity index is 1.80. The van der Waals surface area contributed by atoms with Gasteiger partial charge in [-0.3, -0.25) is 0 Å². The molecule has 0 radical (unpaired) electrons. The molecule has 0 spiro atoms. The Morgan fingerprint density at radius 1 is 1.18 bits per heavy atom. The second-order valence-electron chi connectivity index (χ2n) is 4.77. The van der Waals surface area contributed by atoms with Crippen LogP contribution in [-0.2, 0) is 6.61 Å². The van der Waals surface area contributed by atoms with E-state index in [2.05, 4.69) is 5.18 Å². The molecule has 1 aliphatic heterocycles. The van der Waals surface area contributed by atoms with Crippen molar-refractivity contribution >= 4 is 11.8 Å². The molecule has 1 aliphatic rings. The molecule has 0 aliphatic carbocycles. The van der Waals surface area contributed by atoms with E-state index in [4.69, 9.17) is 14.2 Å². The molecule has 0 saturated heterocycles. The topological polar surface area (TPSA) is 57.1 Å². The minimum atomic E-state index is 0.288. The molecule has 5 heteroatoms. The SMILES string of the molecule is COc1ccc(COc2ccc(N=O)c3c2C=CCO3)cc1. The molecular weight excluding hydrogens is 282 g/mol. The Morgan fingerprint density at radius 2 is 2.00 bits per heavy atom. The Hall–Kier alpha value is -2.82. The highest BCUT2D eigenvalue weighted by molar-refractivity contribution is 5.73. The van der Waals surface area contributed by atoms with Crippen molar-refractivity contribution in [2.75, 3.05) is 13.7 Å². The van der Waals surface area contributed by atoms with E-state index in [1.54, 1.807) is 19.2 Å². The molecule has 3 rings (SSSR count). The summed E-state index contributed by atoms with van der Waals surface area (Å²) in [5, 5.41) is 2.98. The first-order chi connectivity index (χ1) is 10.8. The van der Waals surface area contributed by atoms with Crippen molar-refractivity contribution in [1.29, 1.82) is 0 Å². The average molecular weight is 297 g/mol. The van der Waals surface area contributed by atoms with E-state index in [1.165, 1.54) is 0 Å². The fourth-order valence-corrected chi connectivity index (χ4v) is 2.26. The van der Waals surface area contributed by atoms with Crippen LogP contribution in [0, 0.1) is 4.91 Å². The molecule has 22 heavy (non-hydrogen) atoms. The third kappa shape index (κ3) is 2.79. The molecule has 0 unspecified atom stereocenters. The Labute approximate surface area is 128 Å². The summed E-state index contributed by atoms with van der Waals surface area (Å²) in [7, 11) is 1.63. The zero-order valence-electron chi connectivity index (χ0n) is 12.1. The molecule has 112 valence electrons. The van der Waals surface area contributed by atoms with E-state index in [0.717, 1.165) is 16.9 Å². The lowest BCUT2D eigenvalue weighted by atomic mass is 10.1. The van der Waals surface area contributed by atoms with E-state index >= 15 is 0 Å². The summed E-state index contributed by atoms with van der Waals surface area (Å²) in [4.78, 5) is 10.8. The first kappa shape index (κ1) is 14.1. The van der Waals surface area contributed by atoms with Crippen LogP contribution >= 0.6 is 0 Å².